The lowest BCUT2D eigenvalue weighted by Gasteiger charge is -2.09. The van der Waals surface area contributed by atoms with Crippen molar-refractivity contribution in [2.45, 2.75) is 6.42 Å². The summed E-state index contributed by atoms with van der Waals surface area (Å²) in [6.45, 7) is 1.83. The zero-order valence-electron chi connectivity index (χ0n) is 8.23. The number of nitrogens with zero attached hydrogens (tertiary/aromatic N) is 2. The molecular weight excluding hydrogens is 164 g/mol. The molecule has 0 saturated carbocycles. The lowest BCUT2D eigenvalue weighted by molar-refractivity contribution is 0.281. The van der Waals surface area contributed by atoms with Crippen LogP contribution < -0.4 is 4.74 Å². The first-order chi connectivity index (χ1) is 6.29. The maximum Gasteiger partial charge on any atom is 0.122 e. The zero-order chi connectivity index (χ0) is 9.52. The Morgan fingerprint density at radius 2 is 2.00 bits per heavy atom. The van der Waals surface area contributed by atoms with Crippen molar-refractivity contribution < 1.29 is 4.74 Å². The van der Waals surface area contributed by atoms with Gasteiger partial charge in [0.2, 0.25) is 0 Å². The van der Waals surface area contributed by atoms with Crippen molar-refractivity contribution >= 4 is 0 Å². The summed E-state index contributed by atoms with van der Waals surface area (Å²) in [5.41, 5.74) is 0. The van der Waals surface area contributed by atoms with E-state index in [9.17, 15) is 0 Å². The first kappa shape index (κ1) is 9.99. The van der Waals surface area contributed by atoms with Crippen LogP contribution in [-0.2, 0) is 0 Å². The van der Waals surface area contributed by atoms with E-state index in [-0.39, 0.29) is 0 Å². The Hall–Kier alpha value is -1.09. The number of hydrogen-bond acceptors (Lipinski definition) is 3. The Labute approximate surface area is 79.3 Å². The molecule has 0 aliphatic rings. The van der Waals surface area contributed by atoms with Gasteiger partial charge in [-0.25, -0.2) is 0 Å². The van der Waals surface area contributed by atoms with Crippen LogP contribution in [0.25, 0.3) is 0 Å². The summed E-state index contributed by atoms with van der Waals surface area (Å²) in [5.74, 6) is 0.897. The summed E-state index contributed by atoms with van der Waals surface area (Å²) in [4.78, 5) is 6.06. The van der Waals surface area contributed by atoms with Crippen LogP contribution in [0.15, 0.2) is 24.5 Å². The Bertz CT molecular complexity index is 224. The van der Waals surface area contributed by atoms with E-state index >= 15 is 0 Å². The summed E-state index contributed by atoms with van der Waals surface area (Å²) in [6, 6.07) is 3.74. The van der Waals surface area contributed by atoms with E-state index in [0.29, 0.717) is 0 Å². The Balaban J connectivity index is 2.13. The largest absolute Gasteiger partial charge is 0.493 e. The highest BCUT2D eigenvalue weighted by Gasteiger charge is 1.92. The summed E-state index contributed by atoms with van der Waals surface area (Å²) in [5, 5.41) is 0. The molecule has 1 heterocycles. The predicted molar refractivity (Wildman–Crippen MR) is 52.9 cm³/mol. The van der Waals surface area contributed by atoms with E-state index in [1.54, 1.807) is 12.4 Å². The molecule has 0 bridgehead atoms. The topological polar surface area (TPSA) is 25.4 Å². The number of rotatable bonds is 5. The summed E-state index contributed by atoms with van der Waals surface area (Å²) in [7, 11) is 4.12. The lowest BCUT2D eigenvalue weighted by Crippen LogP contribution is -2.15. The molecule has 0 radical (unpaired) electrons. The second kappa shape index (κ2) is 5.54. The molecule has 0 unspecified atom stereocenters. The van der Waals surface area contributed by atoms with Gasteiger partial charge in [0.05, 0.1) is 6.61 Å². The van der Waals surface area contributed by atoms with Gasteiger partial charge in [-0.2, -0.15) is 0 Å². The zero-order valence-corrected chi connectivity index (χ0v) is 8.23. The highest BCUT2D eigenvalue weighted by molar-refractivity contribution is 5.16. The van der Waals surface area contributed by atoms with Gasteiger partial charge in [0.1, 0.15) is 5.75 Å². The quantitative estimate of drug-likeness (QED) is 0.641. The summed E-state index contributed by atoms with van der Waals surface area (Å²) in [6.07, 6.45) is 4.53. The van der Waals surface area contributed by atoms with Crippen LogP contribution in [0.4, 0.5) is 0 Å². The fourth-order valence-corrected chi connectivity index (χ4v) is 1.01. The average molecular weight is 180 g/mol. The molecule has 1 aromatic rings. The third-order valence-corrected chi connectivity index (χ3v) is 1.67. The normalized spacial score (nSPS) is 10.4. The van der Waals surface area contributed by atoms with Gasteiger partial charge in [-0.15, -0.1) is 0 Å². The van der Waals surface area contributed by atoms with Gasteiger partial charge in [-0.05, 0) is 32.6 Å². The molecular formula is C10H16N2O. The summed E-state index contributed by atoms with van der Waals surface area (Å²) < 4.78 is 5.49. The molecule has 0 aliphatic carbocycles. The Morgan fingerprint density at radius 3 is 2.62 bits per heavy atom. The van der Waals surface area contributed by atoms with Crippen LogP contribution in [0.5, 0.6) is 5.75 Å². The highest BCUT2D eigenvalue weighted by atomic mass is 16.5. The van der Waals surface area contributed by atoms with E-state index in [0.717, 1.165) is 25.3 Å². The van der Waals surface area contributed by atoms with E-state index in [1.807, 2.05) is 12.1 Å². The second-order valence-electron chi connectivity index (χ2n) is 3.19. The van der Waals surface area contributed by atoms with E-state index < -0.39 is 0 Å². The first-order valence-electron chi connectivity index (χ1n) is 4.46. The first-order valence-corrected chi connectivity index (χ1v) is 4.46. The minimum absolute atomic E-state index is 0.766. The smallest absolute Gasteiger partial charge is 0.122 e. The van der Waals surface area contributed by atoms with Crippen molar-refractivity contribution in [2.75, 3.05) is 27.2 Å². The minimum Gasteiger partial charge on any atom is -0.493 e. The van der Waals surface area contributed by atoms with Gasteiger partial charge in [0.15, 0.2) is 0 Å². The molecule has 13 heavy (non-hydrogen) atoms. The van der Waals surface area contributed by atoms with Crippen molar-refractivity contribution in [3.05, 3.63) is 24.5 Å². The van der Waals surface area contributed by atoms with Gasteiger partial charge >= 0.3 is 0 Å². The molecule has 0 amide bonds. The number of hydrogen-bond donors (Lipinski definition) is 0. The third kappa shape index (κ3) is 4.48. The van der Waals surface area contributed by atoms with Crippen LogP contribution in [0.3, 0.4) is 0 Å². The van der Waals surface area contributed by atoms with Crippen LogP contribution in [0.1, 0.15) is 6.42 Å². The fraction of sp³-hybridized carbons (Fsp3) is 0.500. The van der Waals surface area contributed by atoms with Gasteiger partial charge in [0.25, 0.3) is 0 Å². The van der Waals surface area contributed by atoms with Crippen LogP contribution in [0.2, 0.25) is 0 Å². The molecule has 3 heteroatoms. The van der Waals surface area contributed by atoms with Crippen LogP contribution in [0, 0.1) is 0 Å². The van der Waals surface area contributed by atoms with Crippen molar-refractivity contribution in [3.8, 4) is 5.75 Å². The maximum atomic E-state index is 5.49. The van der Waals surface area contributed by atoms with Gasteiger partial charge in [0, 0.05) is 18.9 Å². The highest BCUT2D eigenvalue weighted by Crippen LogP contribution is 2.06. The molecule has 0 N–H and O–H groups in total. The maximum absolute atomic E-state index is 5.49. The Morgan fingerprint density at radius 1 is 1.31 bits per heavy atom. The van der Waals surface area contributed by atoms with E-state index in [2.05, 4.69) is 24.0 Å². The SMILES string of the molecule is CN(C)CCCOc1ccncc1. The number of pyridine rings is 1. The van der Waals surface area contributed by atoms with Crippen LogP contribution >= 0.6 is 0 Å². The standard InChI is InChI=1S/C10H16N2O/c1-12(2)8-3-9-13-10-4-6-11-7-5-10/h4-7H,3,8-9H2,1-2H3. The van der Waals surface area contributed by atoms with Crippen molar-refractivity contribution in [1.29, 1.82) is 0 Å². The molecule has 72 valence electrons. The molecule has 1 rings (SSSR count). The number of aromatic nitrogens is 1. The van der Waals surface area contributed by atoms with Crippen molar-refractivity contribution in [3.63, 3.8) is 0 Å². The predicted octanol–water partition coefficient (Wildman–Crippen LogP) is 1.41. The molecule has 0 fully saturated rings. The molecule has 1 aromatic heterocycles. The second-order valence-corrected chi connectivity index (χ2v) is 3.19. The Kier molecular flexibility index (Phi) is 4.26. The van der Waals surface area contributed by atoms with E-state index in [4.69, 9.17) is 4.74 Å². The molecule has 0 atom stereocenters. The molecule has 3 nitrogen and oxygen atoms in total. The van der Waals surface area contributed by atoms with E-state index in [1.165, 1.54) is 0 Å². The molecule has 0 spiro atoms. The van der Waals surface area contributed by atoms with Gasteiger partial charge in [-0.3, -0.25) is 4.98 Å². The lowest BCUT2D eigenvalue weighted by atomic mass is 10.4. The van der Waals surface area contributed by atoms with Gasteiger partial charge in [-0.1, -0.05) is 0 Å². The average Bonchev–Trinajstić information content (AvgIpc) is 2.14. The van der Waals surface area contributed by atoms with Crippen molar-refractivity contribution in [2.24, 2.45) is 0 Å². The van der Waals surface area contributed by atoms with Crippen LogP contribution in [-0.4, -0.2) is 37.1 Å². The third-order valence-electron chi connectivity index (χ3n) is 1.67. The molecule has 0 saturated heterocycles. The monoisotopic (exact) mass is 180 g/mol. The van der Waals surface area contributed by atoms with Gasteiger partial charge < -0.3 is 9.64 Å². The summed E-state index contributed by atoms with van der Waals surface area (Å²) >= 11 is 0. The molecule has 0 aliphatic heterocycles. The molecule has 0 aromatic carbocycles. The number of ether oxygens (including phenoxy) is 1. The van der Waals surface area contributed by atoms with Crippen molar-refractivity contribution in [1.82, 2.24) is 9.88 Å². The fourth-order valence-electron chi connectivity index (χ4n) is 1.01. The minimum atomic E-state index is 0.766.